The molecule has 5 heteroatoms. The largest absolute Gasteiger partial charge is 0.357 e. The van der Waals surface area contributed by atoms with Crippen molar-refractivity contribution < 1.29 is 4.39 Å². The molecule has 0 saturated heterocycles. The van der Waals surface area contributed by atoms with Crippen molar-refractivity contribution in [3.63, 3.8) is 0 Å². The fraction of sp³-hybridized carbons (Fsp3) is 0.125. The molecule has 0 atom stereocenters. The Morgan fingerprint density at radius 2 is 2.15 bits per heavy atom. The van der Waals surface area contributed by atoms with E-state index in [1.165, 1.54) is 6.07 Å². The van der Waals surface area contributed by atoms with Crippen molar-refractivity contribution in [3.8, 4) is 0 Å². The molecule has 0 fully saturated rings. The quantitative estimate of drug-likeness (QED) is 0.372. The third-order valence-corrected chi connectivity index (χ3v) is 1.79. The highest BCUT2D eigenvalue weighted by atomic mass is 32.1. The Balaban J connectivity index is 2.54. The highest BCUT2D eigenvalue weighted by Gasteiger charge is 1.99. The molecule has 0 radical (unpaired) electrons. The van der Waals surface area contributed by atoms with Crippen LogP contribution in [0.1, 0.15) is 5.56 Å². The Morgan fingerprint density at radius 3 is 2.77 bits per heavy atom. The summed E-state index contributed by atoms with van der Waals surface area (Å²) in [4.78, 5) is 0. The van der Waals surface area contributed by atoms with Crippen molar-refractivity contribution in [2.45, 2.75) is 6.54 Å². The number of rotatable bonds is 2. The van der Waals surface area contributed by atoms with Gasteiger partial charge >= 0.3 is 0 Å². The number of halogens is 1. The van der Waals surface area contributed by atoms with Crippen molar-refractivity contribution in [1.82, 2.24) is 10.7 Å². The maximum atomic E-state index is 13.0. The van der Waals surface area contributed by atoms with Gasteiger partial charge in [0.15, 0.2) is 5.11 Å². The van der Waals surface area contributed by atoms with Gasteiger partial charge in [0, 0.05) is 12.1 Å². The third-order valence-electron chi connectivity index (χ3n) is 1.53. The van der Waals surface area contributed by atoms with Crippen LogP contribution in [0, 0.1) is 5.82 Å². The normalized spacial score (nSPS) is 9.38. The first kappa shape index (κ1) is 9.88. The monoisotopic (exact) mass is 199 g/mol. The van der Waals surface area contributed by atoms with Gasteiger partial charge < -0.3 is 10.7 Å². The molecule has 0 heterocycles. The van der Waals surface area contributed by atoms with E-state index in [2.05, 4.69) is 10.7 Å². The molecule has 0 aliphatic carbocycles. The molecule has 0 spiro atoms. The number of benzene rings is 1. The molecule has 0 aliphatic rings. The summed E-state index contributed by atoms with van der Waals surface area (Å²) in [6, 6.07) is 6.48. The van der Waals surface area contributed by atoms with Crippen molar-refractivity contribution in [2.75, 3.05) is 0 Å². The topological polar surface area (TPSA) is 50.1 Å². The highest BCUT2D eigenvalue weighted by Crippen LogP contribution is 2.04. The third kappa shape index (κ3) is 2.96. The van der Waals surface area contributed by atoms with Gasteiger partial charge in [0.05, 0.1) is 0 Å². The maximum absolute atomic E-state index is 13.0. The van der Waals surface area contributed by atoms with Gasteiger partial charge in [-0.05, 0) is 18.3 Å². The lowest BCUT2D eigenvalue weighted by Gasteiger charge is -2.06. The zero-order valence-corrected chi connectivity index (χ0v) is 7.70. The minimum Gasteiger partial charge on any atom is -0.357 e. The molecule has 1 aromatic rings. The second-order valence-corrected chi connectivity index (χ2v) is 2.83. The first-order valence-corrected chi connectivity index (χ1v) is 4.12. The summed E-state index contributed by atoms with van der Waals surface area (Å²) in [5.74, 6) is 4.77. The molecule has 0 aliphatic heterocycles. The van der Waals surface area contributed by atoms with E-state index in [9.17, 15) is 4.39 Å². The summed E-state index contributed by atoms with van der Waals surface area (Å²) in [5, 5.41) is 3.04. The fourth-order valence-corrected chi connectivity index (χ4v) is 0.940. The van der Waals surface area contributed by atoms with Gasteiger partial charge in [0.1, 0.15) is 5.82 Å². The SMILES string of the molecule is NNC(=S)NCc1ccccc1F. The van der Waals surface area contributed by atoms with E-state index in [0.29, 0.717) is 17.2 Å². The number of nitrogens with two attached hydrogens (primary N) is 1. The number of hydrogen-bond donors (Lipinski definition) is 3. The average molecular weight is 199 g/mol. The van der Waals surface area contributed by atoms with E-state index in [1.54, 1.807) is 18.2 Å². The molecule has 0 unspecified atom stereocenters. The van der Waals surface area contributed by atoms with E-state index >= 15 is 0 Å². The van der Waals surface area contributed by atoms with Crippen LogP contribution < -0.4 is 16.6 Å². The standard InChI is InChI=1S/C8H10FN3S/c9-7-4-2-1-3-6(7)5-11-8(13)12-10/h1-4H,5,10H2,(H2,11,12,13). The first-order chi connectivity index (χ1) is 6.24. The Bertz CT molecular complexity index is 303. The van der Waals surface area contributed by atoms with Crippen LogP contribution >= 0.6 is 12.2 Å². The molecule has 0 saturated carbocycles. The molecule has 70 valence electrons. The number of nitrogens with one attached hydrogen (secondary N) is 2. The summed E-state index contributed by atoms with van der Waals surface area (Å²) in [6.07, 6.45) is 0. The molecular weight excluding hydrogens is 189 g/mol. The molecule has 0 bridgehead atoms. The van der Waals surface area contributed by atoms with Gasteiger partial charge in [0.25, 0.3) is 0 Å². The Labute approximate surface area is 81.1 Å². The Morgan fingerprint density at radius 1 is 1.46 bits per heavy atom. The van der Waals surface area contributed by atoms with Crippen molar-refractivity contribution in [1.29, 1.82) is 0 Å². The van der Waals surface area contributed by atoms with E-state index in [1.807, 2.05) is 0 Å². The smallest absolute Gasteiger partial charge is 0.180 e. The minimum atomic E-state index is -0.255. The first-order valence-electron chi connectivity index (χ1n) is 3.72. The summed E-state index contributed by atoms with van der Waals surface area (Å²) in [6.45, 7) is 0.329. The molecule has 0 amide bonds. The summed E-state index contributed by atoms with van der Waals surface area (Å²) in [5.41, 5.74) is 2.81. The van der Waals surface area contributed by atoms with Crippen LogP contribution in [-0.2, 0) is 6.54 Å². The van der Waals surface area contributed by atoms with Gasteiger partial charge in [0.2, 0.25) is 0 Å². The zero-order valence-electron chi connectivity index (χ0n) is 6.88. The molecular formula is C8H10FN3S. The zero-order chi connectivity index (χ0) is 9.68. The lowest BCUT2D eigenvalue weighted by atomic mass is 10.2. The maximum Gasteiger partial charge on any atom is 0.180 e. The summed E-state index contributed by atoms with van der Waals surface area (Å²) in [7, 11) is 0. The van der Waals surface area contributed by atoms with Gasteiger partial charge in [-0.3, -0.25) is 0 Å². The number of thiocarbonyl (C=S) groups is 1. The summed E-state index contributed by atoms with van der Waals surface area (Å²) >= 11 is 4.73. The molecule has 13 heavy (non-hydrogen) atoms. The van der Waals surface area contributed by atoms with Crippen LogP contribution in [0.4, 0.5) is 4.39 Å². The second kappa shape index (κ2) is 4.74. The highest BCUT2D eigenvalue weighted by molar-refractivity contribution is 7.80. The van der Waals surface area contributed by atoms with Crippen molar-refractivity contribution in [3.05, 3.63) is 35.6 Å². The fourth-order valence-electron chi connectivity index (χ4n) is 0.868. The minimum absolute atomic E-state index is 0.255. The predicted molar refractivity (Wildman–Crippen MR) is 53.2 cm³/mol. The molecule has 1 aromatic carbocycles. The van der Waals surface area contributed by atoms with Gasteiger partial charge in [-0.2, -0.15) is 0 Å². The van der Waals surface area contributed by atoms with Crippen LogP contribution in [0.15, 0.2) is 24.3 Å². The lowest BCUT2D eigenvalue weighted by Crippen LogP contribution is -2.39. The van der Waals surface area contributed by atoms with Crippen LogP contribution in [-0.4, -0.2) is 5.11 Å². The van der Waals surface area contributed by atoms with E-state index in [-0.39, 0.29) is 5.82 Å². The Hall–Kier alpha value is -1.20. The van der Waals surface area contributed by atoms with Crippen LogP contribution in [0.2, 0.25) is 0 Å². The van der Waals surface area contributed by atoms with Crippen molar-refractivity contribution >= 4 is 17.3 Å². The lowest BCUT2D eigenvalue weighted by molar-refractivity contribution is 0.605. The summed E-state index contributed by atoms with van der Waals surface area (Å²) < 4.78 is 13.0. The average Bonchev–Trinajstić information content (AvgIpc) is 2.16. The second-order valence-electron chi connectivity index (χ2n) is 2.42. The van der Waals surface area contributed by atoms with Gasteiger partial charge in [-0.25, -0.2) is 10.2 Å². The molecule has 0 aromatic heterocycles. The molecule has 4 N–H and O–H groups in total. The Kier molecular flexibility index (Phi) is 3.60. The van der Waals surface area contributed by atoms with E-state index in [0.717, 1.165) is 0 Å². The number of hydrogen-bond acceptors (Lipinski definition) is 2. The molecule has 3 nitrogen and oxygen atoms in total. The molecule has 1 rings (SSSR count). The van der Waals surface area contributed by atoms with Gasteiger partial charge in [-0.15, -0.1) is 0 Å². The van der Waals surface area contributed by atoms with Crippen LogP contribution in [0.3, 0.4) is 0 Å². The van der Waals surface area contributed by atoms with Crippen LogP contribution in [0.25, 0.3) is 0 Å². The van der Waals surface area contributed by atoms with Crippen molar-refractivity contribution in [2.24, 2.45) is 5.84 Å². The van der Waals surface area contributed by atoms with E-state index < -0.39 is 0 Å². The van der Waals surface area contributed by atoms with Crippen LogP contribution in [0.5, 0.6) is 0 Å². The number of hydrazine groups is 1. The predicted octanol–water partition coefficient (Wildman–Crippen LogP) is 0.663. The van der Waals surface area contributed by atoms with E-state index in [4.69, 9.17) is 18.1 Å². The van der Waals surface area contributed by atoms with Gasteiger partial charge in [-0.1, -0.05) is 18.2 Å².